The Morgan fingerprint density at radius 2 is 0.500 bits per heavy atom. The third-order valence-corrected chi connectivity index (χ3v) is 0. The van der Waals surface area contributed by atoms with Crippen molar-refractivity contribution in [3.8, 4) is 0 Å². The first-order valence-electron chi connectivity index (χ1n) is 0. The zero-order chi connectivity index (χ0) is 0. The third-order valence-electron chi connectivity index (χ3n) is 0. The van der Waals surface area contributed by atoms with Crippen molar-refractivity contribution in [1.82, 2.24) is 0 Å². The van der Waals surface area contributed by atoms with Crippen molar-refractivity contribution in [2.75, 3.05) is 0 Å². The molecule has 2 radical (unpaired) electrons. The molecule has 0 saturated heterocycles. The summed E-state index contributed by atoms with van der Waals surface area (Å²) in [5.41, 5.74) is 0. The van der Waals surface area contributed by atoms with Gasteiger partial charge in [0, 0.05) is 0 Å². The maximum atomic E-state index is 0. The van der Waals surface area contributed by atoms with Crippen LogP contribution in [0.15, 0.2) is 0 Å². The number of rotatable bonds is 0. The molecule has 8 heteroatoms. The molecule has 0 fully saturated rings. The Kier molecular flexibility index (Phi) is 2050. The molecule has 0 heterocycles. The van der Waals surface area contributed by atoms with E-state index >= 15 is 0 Å². The van der Waals surface area contributed by atoms with E-state index in [1.165, 1.54) is 0 Å². The minimum atomic E-state index is 0. The van der Waals surface area contributed by atoms with E-state index < -0.39 is 0 Å². The summed E-state index contributed by atoms with van der Waals surface area (Å²) in [5, 5.41) is 0. The summed E-state index contributed by atoms with van der Waals surface area (Å²) in [5.74, 6) is 0. The smallest absolute Gasteiger partial charge is 2.00 e. The molecule has 0 atom stereocenters. The van der Waals surface area contributed by atoms with Crippen LogP contribution in [0.3, 0.4) is 0 Å². The SMILES string of the molecule is [Ce+3].[O-2].[O-2].[O-2].[O-2].[O-2].[Ru+3].[Ti+4]. The molecular weight excluding hydrogens is 369 g/mol. The molecule has 0 aliphatic heterocycles. The third kappa shape index (κ3) is 76.0. The standard InChI is InChI=1S/Ce.5O.Ru.Ti/q+3;5*-2;+3;+4. The van der Waals surface area contributed by atoms with Gasteiger partial charge in [0.25, 0.3) is 0 Å². The van der Waals surface area contributed by atoms with E-state index in [2.05, 4.69) is 0 Å². The first-order chi connectivity index (χ1) is 0. The molecule has 0 saturated carbocycles. The van der Waals surface area contributed by atoms with Crippen LogP contribution in [0.5, 0.6) is 0 Å². The number of hydrogen-bond acceptors (Lipinski definition) is 0. The Bertz CT molecular complexity index is 12.4. The second kappa shape index (κ2) is 109. The molecule has 5 nitrogen and oxygen atoms in total. The molecule has 0 amide bonds. The molecule has 0 aromatic heterocycles. The minimum Gasteiger partial charge on any atom is -2.00 e. The van der Waals surface area contributed by atoms with Crippen LogP contribution in [0.4, 0.5) is 0 Å². The molecule has 0 aromatic rings. The van der Waals surface area contributed by atoms with Crippen LogP contribution in [-0.2, 0) is 68.6 Å². The Hall–Kier alpha value is 2.51. The maximum Gasteiger partial charge on any atom is 4.00 e. The molecule has 0 aliphatic rings. The van der Waals surface area contributed by atoms with Crippen molar-refractivity contribution in [2.24, 2.45) is 0 Å². The Morgan fingerprint density at radius 1 is 0.500 bits per heavy atom. The first-order valence-corrected chi connectivity index (χ1v) is 0. The summed E-state index contributed by atoms with van der Waals surface area (Å²) in [6, 6.07) is 0. The quantitative estimate of drug-likeness (QED) is 0.503. The molecule has 0 bridgehead atoms. The van der Waals surface area contributed by atoms with Crippen LogP contribution >= 0.6 is 0 Å². The fourth-order valence-electron chi connectivity index (χ4n) is 0. The predicted octanol–water partition coefficient (Wildman–Crippen LogP) is -0.599. The summed E-state index contributed by atoms with van der Waals surface area (Å²) >= 11 is 0. The topological polar surface area (TPSA) is 142 Å². The summed E-state index contributed by atoms with van der Waals surface area (Å²) in [6.45, 7) is 0. The van der Waals surface area contributed by atoms with Crippen molar-refractivity contribution >= 4 is 0 Å². The molecule has 0 N–H and O–H groups in total. The number of hydrogen-bond donors (Lipinski definition) is 0. The second-order valence-electron chi connectivity index (χ2n) is 0. The van der Waals surface area contributed by atoms with Gasteiger partial charge in [0.05, 0.1) is 0 Å². The second-order valence-corrected chi connectivity index (χ2v) is 0. The normalized spacial score (nSPS) is 0. The molecule has 8 heavy (non-hydrogen) atoms. The van der Waals surface area contributed by atoms with Gasteiger partial charge in [-0.15, -0.1) is 0 Å². The van der Waals surface area contributed by atoms with Crippen LogP contribution < -0.4 is 0 Å². The van der Waals surface area contributed by atoms with E-state index in [-0.39, 0.29) is 110 Å². The molecule has 0 aliphatic carbocycles. The van der Waals surface area contributed by atoms with Crippen molar-refractivity contribution < 1.29 is 110 Å². The van der Waals surface area contributed by atoms with E-state index in [9.17, 15) is 0 Å². The summed E-state index contributed by atoms with van der Waals surface area (Å²) < 4.78 is 0. The van der Waals surface area contributed by atoms with Gasteiger partial charge in [-0.2, -0.15) is 0 Å². The molecule has 46 valence electrons. The average molecular weight is 369 g/mol. The van der Waals surface area contributed by atoms with Gasteiger partial charge in [-0.05, 0) is 0 Å². The van der Waals surface area contributed by atoms with E-state index in [0.29, 0.717) is 0 Å². The predicted molar refractivity (Wildman–Crippen MR) is 3.43 cm³/mol. The van der Waals surface area contributed by atoms with Crippen LogP contribution in [0, 0.1) is 41.7 Å². The van der Waals surface area contributed by atoms with Gasteiger partial charge < -0.3 is 27.4 Å². The van der Waals surface area contributed by atoms with Crippen LogP contribution in [0.25, 0.3) is 0 Å². The van der Waals surface area contributed by atoms with Crippen LogP contribution in [0.1, 0.15) is 0 Å². The molecule has 0 rings (SSSR count). The van der Waals surface area contributed by atoms with Gasteiger partial charge in [-0.25, -0.2) is 0 Å². The monoisotopic (exact) mass is 370 g/mol. The Labute approximate surface area is 109 Å². The molecular formula is CeO5RuTi. The van der Waals surface area contributed by atoms with E-state index in [0.717, 1.165) is 0 Å². The maximum absolute atomic E-state index is 0. The Morgan fingerprint density at radius 3 is 0.500 bits per heavy atom. The van der Waals surface area contributed by atoms with Gasteiger partial charge in [-0.3, -0.25) is 0 Å². The van der Waals surface area contributed by atoms with Crippen molar-refractivity contribution in [3.05, 3.63) is 0 Å². The zero-order valence-corrected chi connectivity index (χ0v) is 9.83. The summed E-state index contributed by atoms with van der Waals surface area (Å²) in [7, 11) is 0. The van der Waals surface area contributed by atoms with Crippen LogP contribution in [0.2, 0.25) is 0 Å². The zero-order valence-electron chi connectivity index (χ0n) is 3.39. The van der Waals surface area contributed by atoms with Gasteiger partial charge in [0.1, 0.15) is 0 Å². The fourth-order valence-corrected chi connectivity index (χ4v) is 0. The first kappa shape index (κ1) is 151. The van der Waals surface area contributed by atoms with Gasteiger partial charge >= 0.3 is 82.9 Å². The molecule has 0 spiro atoms. The molecule has 0 aromatic carbocycles. The van der Waals surface area contributed by atoms with Crippen LogP contribution in [-0.4, -0.2) is 0 Å². The fraction of sp³-hybridized carbons (Fsp3) is 0. The van der Waals surface area contributed by atoms with E-state index in [4.69, 9.17) is 0 Å². The summed E-state index contributed by atoms with van der Waals surface area (Å²) in [6.07, 6.45) is 0. The van der Waals surface area contributed by atoms with Gasteiger partial charge in [0.15, 0.2) is 0 Å². The van der Waals surface area contributed by atoms with Crippen molar-refractivity contribution in [3.63, 3.8) is 0 Å². The van der Waals surface area contributed by atoms with Crippen molar-refractivity contribution in [1.29, 1.82) is 0 Å². The van der Waals surface area contributed by atoms with E-state index in [1.54, 1.807) is 0 Å². The Balaban J connectivity index is 0. The van der Waals surface area contributed by atoms with Gasteiger partial charge in [-0.1, -0.05) is 0 Å². The summed E-state index contributed by atoms with van der Waals surface area (Å²) in [4.78, 5) is 0. The largest absolute Gasteiger partial charge is 4.00 e. The molecule has 0 unspecified atom stereocenters. The van der Waals surface area contributed by atoms with E-state index in [1.807, 2.05) is 0 Å². The minimum absolute atomic E-state index is 0. The van der Waals surface area contributed by atoms with Crippen molar-refractivity contribution in [2.45, 2.75) is 0 Å². The average Bonchev–Trinajstić information content (AvgIpc) is 0. The van der Waals surface area contributed by atoms with Gasteiger partial charge in [0.2, 0.25) is 0 Å².